The Labute approximate surface area is 167 Å². The van der Waals surface area contributed by atoms with Crippen LogP contribution in [-0.2, 0) is 4.79 Å². The maximum absolute atomic E-state index is 12.0. The second kappa shape index (κ2) is 6.30. The lowest BCUT2D eigenvalue weighted by Crippen LogP contribution is -2.61. The van der Waals surface area contributed by atoms with E-state index in [-0.39, 0.29) is 5.91 Å². The number of amides is 1. The second-order valence-electron chi connectivity index (χ2n) is 10.5. The van der Waals surface area contributed by atoms with Crippen molar-refractivity contribution in [2.45, 2.75) is 84.1 Å². The Hall–Kier alpha value is -0.900. The lowest BCUT2D eigenvalue weighted by molar-refractivity contribution is -0.137. The maximum Gasteiger partial charge on any atom is 0.220 e. The van der Waals surface area contributed by atoms with Gasteiger partial charge in [-0.1, -0.05) is 20.8 Å². The van der Waals surface area contributed by atoms with Crippen LogP contribution in [0.15, 0.2) is 11.6 Å². The molecule has 3 aliphatic carbocycles. The predicted molar refractivity (Wildman–Crippen MR) is 110 cm³/mol. The smallest absolute Gasteiger partial charge is 0.220 e. The highest BCUT2D eigenvalue weighted by Gasteiger charge is 2.60. The molecule has 27 heavy (non-hydrogen) atoms. The number of hydrogen-bond donors (Lipinski definition) is 1. The summed E-state index contributed by atoms with van der Waals surface area (Å²) in [4.78, 5) is 16.6. The van der Waals surface area contributed by atoms with Gasteiger partial charge in [-0.3, -0.25) is 4.79 Å². The zero-order valence-corrected chi connectivity index (χ0v) is 17.9. The molecule has 1 saturated heterocycles. The van der Waals surface area contributed by atoms with Crippen molar-refractivity contribution >= 4 is 17.2 Å². The van der Waals surface area contributed by atoms with Crippen LogP contribution in [0.3, 0.4) is 0 Å². The monoisotopic (exact) mass is 386 g/mol. The van der Waals surface area contributed by atoms with Crippen molar-refractivity contribution in [2.75, 3.05) is 0 Å². The first kappa shape index (κ1) is 18.1. The summed E-state index contributed by atoms with van der Waals surface area (Å²) in [5, 5.41) is 6.84. The molecule has 2 heterocycles. The molecule has 148 valence electrons. The van der Waals surface area contributed by atoms with Gasteiger partial charge >= 0.3 is 0 Å². The lowest BCUT2D eigenvalue weighted by Gasteiger charge is -2.60. The van der Waals surface area contributed by atoms with Crippen LogP contribution in [-0.4, -0.2) is 16.9 Å². The summed E-state index contributed by atoms with van der Waals surface area (Å²) in [6, 6.07) is 0.427. The molecule has 1 aliphatic heterocycles. The topological polar surface area (TPSA) is 42.0 Å². The maximum atomic E-state index is 12.0. The standard InChI is InChI=1S/C23H34N2OS/c1-14(21-24-12-13-27-21)16-5-6-17-15-4-7-19-23(3,11-9-20(26)25-19)18(15)8-10-22(16,17)2/h12-19H,4-11H2,1-3H3,(H,25,26)/t14?,15-,16+,17-,18-,19?,22+,23+/m0/s1. The fraction of sp³-hybridized carbons (Fsp3) is 0.826. The second-order valence-corrected chi connectivity index (χ2v) is 11.4. The van der Waals surface area contributed by atoms with Crippen molar-refractivity contribution < 1.29 is 4.79 Å². The minimum atomic E-state index is 0.287. The summed E-state index contributed by atoms with van der Waals surface area (Å²) in [7, 11) is 0. The number of nitrogens with zero attached hydrogens (tertiary/aromatic N) is 1. The lowest BCUT2D eigenvalue weighted by atomic mass is 9.46. The van der Waals surface area contributed by atoms with E-state index in [2.05, 4.69) is 36.5 Å². The summed E-state index contributed by atoms with van der Waals surface area (Å²) >= 11 is 1.84. The van der Waals surface area contributed by atoms with Crippen molar-refractivity contribution in [3.8, 4) is 0 Å². The summed E-state index contributed by atoms with van der Waals surface area (Å²) in [6.07, 6.45) is 11.9. The Morgan fingerprint density at radius 2 is 1.93 bits per heavy atom. The molecule has 1 N–H and O–H groups in total. The molecular weight excluding hydrogens is 352 g/mol. The SMILES string of the molecule is CC(c1nccs1)[C@H]1CC[C@H]2[C@@H]3CCC4NC(=O)CC[C@]4(C)[C@H]3CC[C@]12C. The molecule has 3 saturated carbocycles. The van der Waals surface area contributed by atoms with Crippen molar-refractivity contribution in [2.24, 2.45) is 34.5 Å². The number of thiazole rings is 1. The number of rotatable bonds is 2. The van der Waals surface area contributed by atoms with E-state index in [1.54, 1.807) is 0 Å². The molecule has 4 heteroatoms. The number of carbonyl (C=O) groups is 1. The third-order valence-corrected chi connectivity index (χ3v) is 10.6. The van der Waals surface area contributed by atoms with Gasteiger partial charge in [0.1, 0.15) is 0 Å². The number of nitrogens with one attached hydrogen (secondary N) is 1. The van der Waals surface area contributed by atoms with Gasteiger partial charge in [-0.25, -0.2) is 4.98 Å². The molecule has 1 amide bonds. The van der Waals surface area contributed by atoms with Gasteiger partial charge in [-0.15, -0.1) is 11.3 Å². The fourth-order valence-corrected chi connectivity index (χ4v) is 8.96. The van der Waals surface area contributed by atoms with Gasteiger partial charge in [0.2, 0.25) is 5.91 Å². The molecular formula is C23H34N2OS. The molecule has 0 spiro atoms. The summed E-state index contributed by atoms with van der Waals surface area (Å²) in [5.74, 6) is 4.22. The van der Waals surface area contributed by atoms with E-state index in [0.29, 0.717) is 22.8 Å². The van der Waals surface area contributed by atoms with Crippen molar-refractivity contribution in [1.82, 2.24) is 10.3 Å². The van der Waals surface area contributed by atoms with E-state index in [0.717, 1.165) is 36.5 Å². The number of piperidine rings is 1. The molecule has 0 aromatic carbocycles. The summed E-state index contributed by atoms with van der Waals surface area (Å²) < 4.78 is 0. The molecule has 4 fully saturated rings. The average molecular weight is 387 g/mol. The Balaban J connectivity index is 1.41. The van der Waals surface area contributed by atoms with Crippen molar-refractivity contribution in [3.05, 3.63) is 16.6 Å². The first-order valence-corrected chi connectivity index (χ1v) is 12.0. The Kier molecular flexibility index (Phi) is 4.24. The third-order valence-electron chi connectivity index (χ3n) is 9.61. The first-order chi connectivity index (χ1) is 12.9. The molecule has 1 aromatic heterocycles. The summed E-state index contributed by atoms with van der Waals surface area (Å²) in [5.41, 5.74) is 0.810. The van der Waals surface area contributed by atoms with Gasteiger partial charge in [-0.2, -0.15) is 0 Å². The van der Waals surface area contributed by atoms with E-state index in [9.17, 15) is 4.79 Å². The number of hydrogen-bond acceptors (Lipinski definition) is 3. The van der Waals surface area contributed by atoms with Gasteiger partial charge in [-0.05, 0) is 79.4 Å². The highest BCUT2D eigenvalue weighted by molar-refractivity contribution is 7.09. The quantitative estimate of drug-likeness (QED) is 0.741. The van der Waals surface area contributed by atoms with Crippen LogP contribution >= 0.6 is 11.3 Å². The predicted octanol–water partition coefficient (Wildman–Crippen LogP) is 5.38. The minimum Gasteiger partial charge on any atom is -0.353 e. The highest BCUT2D eigenvalue weighted by atomic mass is 32.1. The fourth-order valence-electron chi connectivity index (χ4n) is 8.20. The largest absolute Gasteiger partial charge is 0.353 e. The summed E-state index contributed by atoms with van der Waals surface area (Å²) in [6.45, 7) is 7.55. The first-order valence-electron chi connectivity index (χ1n) is 11.1. The number of fused-ring (bicyclic) bond motifs is 5. The highest BCUT2D eigenvalue weighted by Crippen LogP contribution is 2.67. The zero-order valence-electron chi connectivity index (χ0n) is 17.0. The minimum absolute atomic E-state index is 0.287. The number of aromatic nitrogens is 1. The average Bonchev–Trinajstić information content (AvgIpc) is 3.29. The molecule has 2 unspecified atom stereocenters. The van der Waals surface area contributed by atoms with Crippen molar-refractivity contribution in [3.63, 3.8) is 0 Å². The van der Waals surface area contributed by atoms with E-state index in [4.69, 9.17) is 0 Å². The van der Waals surface area contributed by atoms with Gasteiger partial charge in [0, 0.05) is 30.0 Å². The Bertz CT molecular complexity index is 718. The van der Waals surface area contributed by atoms with E-state index < -0.39 is 0 Å². The van der Waals surface area contributed by atoms with Crippen LogP contribution < -0.4 is 5.32 Å². The van der Waals surface area contributed by atoms with Crippen LogP contribution in [0.5, 0.6) is 0 Å². The van der Waals surface area contributed by atoms with Crippen LogP contribution in [0.4, 0.5) is 0 Å². The van der Waals surface area contributed by atoms with Gasteiger partial charge < -0.3 is 5.32 Å². The molecule has 3 nitrogen and oxygen atoms in total. The van der Waals surface area contributed by atoms with E-state index in [1.807, 2.05) is 17.5 Å². The molecule has 0 bridgehead atoms. The zero-order chi connectivity index (χ0) is 18.8. The molecule has 1 aromatic rings. The Morgan fingerprint density at radius 3 is 2.70 bits per heavy atom. The Morgan fingerprint density at radius 1 is 1.11 bits per heavy atom. The third kappa shape index (κ3) is 2.58. The van der Waals surface area contributed by atoms with E-state index >= 15 is 0 Å². The van der Waals surface area contributed by atoms with Gasteiger partial charge in [0.05, 0.1) is 5.01 Å². The van der Waals surface area contributed by atoms with Crippen LogP contribution in [0.1, 0.15) is 83.1 Å². The molecule has 4 aliphatic rings. The van der Waals surface area contributed by atoms with Crippen molar-refractivity contribution in [1.29, 1.82) is 0 Å². The van der Waals surface area contributed by atoms with Crippen LogP contribution in [0, 0.1) is 34.5 Å². The van der Waals surface area contributed by atoms with Gasteiger partial charge in [0.15, 0.2) is 0 Å². The normalized spacial score (nSPS) is 47.5. The van der Waals surface area contributed by atoms with Gasteiger partial charge in [0.25, 0.3) is 0 Å². The van der Waals surface area contributed by atoms with Crippen LogP contribution in [0.25, 0.3) is 0 Å². The molecule has 5 rings (SSSR count). The van der Waals surface area contributed by atoms with E-state index in [1.165, 1.54) is 43.5 Å². The number of carbonyl (C=O) groups excluding carboxylic acids is 1. The van der Waals surface area contributed by atoms with Crippen LogP contribution in [0.2, 0.25) is 0 Å². The molecule has 8 atom stereocenters. The molecule has 0 radical (unpaired) electrons.